The standard InChI is InChI=1S/C17H20N2O3S/c20-7-16-15-4-10-3-13(1-2-14(10)19(15)17(21)22-16)18-5-11-8-23-9-12(11)6-18/h1-3,11-12,15-16,20H,4-9H2/t11?,12?,15-,16-/m0/s1. The molecule has 6 heteroatoms. The summed E-state index contributed by atoms with van der Waals surface area (Å²) in [7, 11) is 0. The van der Waals surface area contributed by atoms with Gasteiger partial charge in [0.05, 0.1) is 18.3 Å². The van der Waals surface area contributed by atoms with E-state index < -0.39 is 6.10 Å². The number of carbonyl (C=O) groups excluding carboxylic acids is 1. The summed E-state index contributed by atoms with van der Waals surface area (Å²) >= 11 is 2.09. The van der Waals surface area contributed by atoms with Crippen molar-refractivity contribution < 1.29 is 14.6 Å². The van der Waals surface area contributed by atoms with Gasteiger partial charge in [-0.3, -0.25) is 4.90 Å². The average molecular weight is 332 g/mol. The van der Waals surface area contributed by atoms with Crippen LogP contribution in [0.4, 0.5) is 16.2 Å². The van der Waals surface area contributed by atoms with Crippen LogP contribution < -0.4 is 9.80 Å². The molecule has 0 radical (unpaired) electrons. The first-order valence-electron chi connectivity index (χ1n) is 8.31. The molecule has 4 aliphatic heterocycles. The van der Waals surface area contributed by atoms with Gasteiger partial charge in [0.25, 0.3) is 0 Å². The number of ether oxygens (including phenoxy) is 1. The number of carbonyl (C=O) groups is 1. The smallest absolute Gasteiger partial charge is 0.415 e. The molecule has 0 aliphatic carbocycles. The van der Waals surface area contributed by atoms with Crippen LogP contribution in [-0.2, 0) is 11.2 Å². The topological polar surface area (TPSA) is 53.0 Å². The van der Waals surface area contributed by atoms with Crippen LogP contribution in [0.5, 0.6) is 0 Å². The summed E-state index contributed by atoms with van der Waals surface area (Å²) < 4.78 is 5.24. The van der Waals surface area contributed by atoms with Gasteiger partial charge in [-0.2, -0.15) is 11.8 Å². The Morgan fingerprint density at radius 3 is 2.78 bits per heavy atom. The predicted octanol–water partition coefficient (Wildman–Crippen LogP) is 1.73. The lowest BCUT2D eigenvalue weighted by atomic mass is 10.0. The summed E-state index contributed by atoms with van der Waals surface area (Å²) in [6, 6.07) is 6.37. The summed E-state index contributed by atoms with van der Waals surface area (Å²) in [5.74, 6) is 4.27. The molecule has 3 fully saturated rings. The van der Waals surface area contributed by atoms with Crippen LogP contribution >= 0.6 is 11.8 Å². The maximum Gasteiger partial charge on any atom is 0.415 e. The van der Waals surface area contributed by atoms with E-state index >= 15 is 0 Å². The normalized spacial score (nSPS) is 34.6. The van der Waals surface area contributed by atoms with Crippen LogP contribution in [0.3, 0.4) is 0 Å². The first kappa shape index (κ1) is 14.0. The van der Waals surface area contributed by atoms with Crippen molar-refractivity contribution in [3.05, 3.63) is 23.8 Å². The molecule has 5 nitrogen and oxygen atoms in total. The van der Waals surface area contributed by atoms with Crippen molar-refractivity contribution >= 4 is 29.2 Å². The molecule has 4 atom stereocenters. The molecule has 1 N–H and O–H groups in total. The minimum atomic E-state index is -0.401. The Morgan fingerprint density at radius 1 is 1.26 bits per heavy atom. The van der Waals surface area contributed by atoms with Crippen molar-refractivity contribution in [1.82, 2.24) is 0 Å². The number of hydrogen-bond acceptors (Lipinski definition) is 5. The maximum atomic E-state index is 12.0. The van der Waals surface area contributed by atoms with Crippen molar-refractivity contribution in [2.24, 2.45) is 11.8 Å². The zero-order chi connectivity index (χ0) is 15.6. The molecule has 1 aromatic rings. The minimum absolute atomic E-state index is 0.0490. The number of anilines is 2. The molecule has 2 unspecified atom stereocenters. The number of benzene rings is 1. The number of hydrogen-bond donors (Lipinski definition) is 1. The van der Waals surface area contributed by atoms with Crippen LogP contribution in [-0.4, -0.2) is 54.5 Å². The molecule has 122 valence electrons. The Kier molecular flexibility index (Phi) is 3.07. The van der Waals surface area contributed by atoms with Crippen LogP contribution in [0, 0.1) is 11.8 Å². The fourth-order valence-corrected chi connectivity index (χ4v) is 6.01. The number of aliphatic hydroxyl groups excluding tert-OH is 1. The lowest BCUT2D eigenvalue weighted by Gasteiger charge is -2.21. The highest BCUT2D eigenvalue weighted by atomic mass is 32.2. The summed E-state index contributed by atoms with van der Waals surface area (Å²) in [6.07, 6.45) is 0.0475. The number of amides is 1. The molecule has 1 amide bonds. The average Bonchev–Trinajstić information content (AvgIpc) is 3.26. The lowest BCUT2D eigenvalue weighted by molar-refractivity contribution is 0.0830. The van der Waals surface area contributed by atoms with E-state index in [1.165, 1.54) is 22.8 Å². The Morgan fingerprint density at radius 2 is 2.04 bits per heavy atom. The first-order valence-corrected chi connectivity index (χ1v) is 9.46. The molecule has 23 heavy (non-hydrogen) atoms. The summed E-state index contributed by atoms with van der Waals surface area (Å²) in [5.41, 5.74) is 3.43. The van der Waals surface area contributed by atoms with Crippen LogP contribution in [0.2, 0.25) is 0 Å². The van der Waals surface area contributed by atoms with Crippen molar-refractivity contribution in [1.29, 1.82) is 0 Å². The van der Waals surface area contributed by atoms with Crippen molar-refractivity contribution in [2.75, 3.05) is 41.0 Å². The second kappa shape index (κ2) is 5.05. The van der Waals surface area contributed by atoms with E-state index in [0.29, 0.717) is 0 Å². The van der Waals surface area contributed by atoms with Crippen LogP contribution in [0.15, 0.2) is 18.2 Å². The zero-order valence-corrected chi connectivity index (χ0v) is 13.7. The number of nitrogens with zero attached hydrogens (tertiary/aromatic N) is 2. The van der Waals surface area contributed by atoms with Gasteiger partial charge in [0.15, 0.2) is 0 Å². The van der Waals surface area contributed by atoms with Gasteiger partial charge in [0.1, 0.15) is 6.10 Å². The predicted molar refractivity (Wildman–Crippen MR) is 90.3 cm³/mol. The second-order valence-corrected chi connectivity index (χ2v) is 8.10. The molecule has 4 aliphatic rings. The van der Waals surface area contributed by atoms with E-state index in [9.17, 15) is 9.90 Å². The molecule has 4 heterocycles. The summed E-state index contributed by atoms with van der Waals surface area (Å²) in [6.45, 7) is 2.21. The third kappa shape index (κ3) is 2.01. The Hall–Kier alpha value is -1.40. The number of thioether (sulfide) groups is 1. The Labute approximate surface area is 139 Å². The molecule has 0 aromatic heterocycles. The quantitative estimate of drug-likeness (QED) is 0.894. The lowest BCUT2D eigenvalue weighted by Crippen LogP contribution is -2.34. The van der Waals surface area contributed by atoms with Gasteiger partial charge in [-0.25, -0.2) is 4.79 Å². The largest absolute Gasteiger partial charge is 0.441 e. The monoisotopic (exact) mass is 332 g/mol. The SMILES string of the molecule is O=C1O[C@@H](CO)[C@@H]2Cc3cc(N4CC5CSCC5C4)ccc3N12. The van der Waals surface area contributed by atoms with Gasteiger partial charge in [-0.1, -0.05) is 0 Å². The van der Waals surface area contributed by atoms with Gasteiger partial charge >= 0.3 is 6.09 Å². The molecule has 0 saturated carbocycles. The molecule has 5 rings (SSSR count). The number of cyclic esters (lactones) is 1. The Balaban J connectivity index is 1.42. The van der Waals surface area contributed by atoms with E-state index in [1.807, 2.05) is 0 Å². The number of rotatable bonds is 2. The molecule has 0 spiro atoms. The summed E-state index contributed by atoms with van der Waals surface area (Å²) in [5, 5.41) is 9.41. The van der Waals surface area contributed by atoms with E-state index in [4.69, 9.17) is 4.74 Å². The number of aliphatic hydroxyl groups is 1. The van der Waals surface area contributed by atoms with Gasteiger partial charge in [-0.15, -0.1) is 0 Å². The molecular formula is C17H20N2O3S. The third-order valence-electron chi connectivity index (χ3n) is 5.75. The van der Waals surface area contributed by atoms with Gasteiger partial charge in [-0.05, 0) is 53.5 Å². The van der Waals surface area contributed by atoms with Gasteiger partial charge in [0, 0.05) is 18.8 Å². The zero-order valence-electron chi connectivity index (χ0n) is 12.9. The van der Waals surface area contributed by atoms with Gasteiger partial charge in [0.2, 0.25) is 0 Å². The second-order valence-electron chi connectivity index (χ2n) is 7.02. The summed E-state index contributed by atoms with van der Waals surface area (Å²) in [4.78, 5) is 16.3. The highest BCUT2D eigenvalue weighted by molar-refractivity contribution is 7.99. The maximum absolute atomic E-state index is 12.0. The van der Waals surface area contributed by atoms with E-state index in [-0.39, 0.29) is 18.7 Å². The fourth-order valence-electron chi connectivity index (χ4n) is 4.52. The van der Waals surface area contributed by atoms with Crippen molar-refractivity contribution in [2.45, 2.75) is 18.6 Å². The van der Waals surface area contributed by atoms with Crippen LogP contribution in [0.1, 0.15) is 5.56 Å². The fraction of sp³-hybridized carbons (Fsp3) is 0.588. The van der Waals surface area contributed by atoms with Crippen molar-refractivity contribution in [3.63, 3.8) is 0 Å². The van der Waals surface area contributed by atoms with E-state index in [2.05, 4.69) is 34.9 Å². The van der Waals surface area contributed by atoms with Gasteiger partial charge < -0.3 is 14.7 Å². The van der Waals surface area contributed by atoms with Crippen LogP contribution in [0.25, 0.3) is 0 Å². The molecule has 0 bridgehead atoms. The number of fused-ring (bicyclic) bond motifs is 4. The molecule has 3 saturated heterocycles. The highest BCUT2D eigenvalue weighted by Crippen LogP contribution is 2.42. The minimum Gasteiger partial charge on any atom is -0.441 e. The van der Waals surface area contributed by atoms with E-state index in [0.717, 1.165) is 37.0 Å². The highest BCUT2D eigenvalue weighted by Gasteiger charge is 2.47. The first-order chi connectivity index (χ1) is 11.2. The Bertz CT molecular complexity index is 655. The molecule has 1 aromatic carbocycles. The van der Waals surface area contributed by atoms with Crippen molar-refractivity contribution in [3.8, 4) is 0 Å². The molecular weight excluding hydrogens is 312 g/mol. The van der Waals surface area contributed by atoms with E-state index in [1.54, 1.807) is 4.90 Å². The third-order valence-corrected chi connectivity index (χ3v) is 7.07.